The molecule has 7 nitrogen and oxygen atoms in total. The number of nitrogens with one attached hydrogen (secondary N) is 3. The van der Waals surface area contributed by atoms with Gasteiger partial charge in [-0.15, -0.1) is 0 Å². The third kappa shape index (κ3) is 7.37. The van der Waals surface area contributed by atoms with Crippen LogP contribution in [-0.2, 0) is 4.74 Å². The Bertz CT molecular complexity index is 526. The van der Waals surface area contributed by atoms with Gasteiger partial charge in [0.05, 0.1) is 0 Å². The molecule has 0 aliphatic heterocycles. The summed E-state index contributed by atoms with van der Waals surface area (Å²) in [5.41, 5.74) is 5.97. The molecule has 3 amide bonds. The van der Waals surface area contributed by atoms with Crippen molar-refractivity contribution in [1.82, 2.24) is 5.32 Å². The standard InChI is InChI=1S/C15H24N4O3/c1-10(9-17-14(21)22-15(2,3)4)18-11-6-5-7-12(8-11)19-13(16)20/h5-8,10,18H,9H2,1-4H3,(H,17,21)(H3,16,19,20). The molecule has 0 saturated carbocycles. The average Bonchev–Trinajstić information content (AvgIpc) is 2.34. The van der Waals surface area contributed by atoms with E-state index in [0.29, 0.717) is 12.2 Å². The lowest BCUT2D eigenvalue weighted by Gasteiger charge is -2.21. The highest BCUT2D eigenvalue weighted by molar-refractivity contribution is 5.88. The third-order valence-corrected chi connectivity index (χ3v) is 2.49. The van der Waals surface area contributed by atoms with Crippen molar-refractivity contribution >= 4 is 23.5 Å². The van der Waals surface area contributed by atoms with Gasteiger partial charge in [0.15, 0.2) is 0 Å². The Morgan fingerprint density at radius 1 is 1.27 bits per heavy atom. The minimum absolute atomic E-state index is 0.0173. The highest BCUT2D eigenvalue weighted by Crippen LogP contribution is 2.15. The van der Waals surface area contributed by atoms with Crippen molar-refractivity contribution in [3.8, 4) is 0 Å². The summed E-state index contributed by atoms with van der Waals surface area (Å²) in [7, 11) is 0. The van der Waals surface area contributed by atoms with Gasteiger partial charge in [-0.1, -0.05) is 6.07 Å². The van der Waals surface area contributed by atoms with E-state index in [0.717, 1.165) is 5.69 Å². The van der Waals surface area contributed by atoms with Crippen LogP contribution in [0.3, 0.4) is 0 Å². The Labute approximate surface area is 130 Å². The zero-order valence-electron chi connectivity index (χ0n) is 13.4. The molecule has 1 rings (SSSR count). The molecule has 0 aromatic heterocycles. The molecule has 5 N–H and O–H groups in total. The summed E-state index contributed by atoms with van der Waals surface area (Å²) in [5.74, 6) is 0. The maximum absolute atomic E-state index is 11.6. The summed E-state index contributed by atoms with van der Waals surface area (Å²) in [6, 6.07) is 6.51. The molecule has 0 aliphatic carbocycles. The fourth-order valence-electron chi connectivity index (χ4n) is 1.72. The number of hydrogen-bond acceptors (Lipinski definition) is 4. The van der Waals surface area contributed by atoms with Crippen molar-refractivity contribution in [3.05, 3.63) is 24.3 Å². The Balaban J connectivity index is 2.46. The minimum Gasteiger partial charge on any atom is -0.444 e. The van der Waals surface area contributed by atoms with Crippen LogP contribution in [0.2, 0.25) is 0 Å². The zero-order valence-corrected chi connectivity index (χ0v) is 13.4. The summed E-state index contributed by atoms with van der Waals surface area (Å²) in [4.78, 5) is 22.4. The number of benzene rings is 1. The molecule has 7 heteroatoms. The molecule has 0 aliphatic rings. The van der Waals surface area contributed by atoms with Crippen LogP contribution < -0.4 is 21.7 Å². The number of urea groups is 1. The van der Waals surface area contributed by atoms with Gasteiger partial charge in [-0.05, 0) is 45.9 Å². The normalized spacial score (nSPS) is 12.2. The number of anilines is 2. The Hall–Kier alpha value is -2.44. The molecule has 0 heterocycles. The van der Waals surface area contributed by atoms with Crippen molar-refractivity contribution in [2.45, 2.75) is 39.3 Å². The first-order chi connectivity index (χ1) is 10.2. The van der Waals surface area contributed by atoms with E-state index in [4.69, 9.17) is 10.5 Å². The van der Waals surface area contributed by atoms with E-state index in [9.17, 15) is 9.59 Å². The second kappa shape index (κ2) is 7.53. The predicted octanol–water partition coefficient (Wildman–Crippen LogP) is 2.50. The number of alkyl carbamates (subject to hydrolysis) is 1. The number of rotatable bonds is 5. The number of ether oxygens (including phenoxy) is 1. The highest BCUT2D eigenvalue weighted by atomic mass is 16.6. The number of nitrogens with two attached hydrogens (primary N) is 1. The van der Waals surface area contributed by atoms with Crippen LogP contribution in [0.4, 0.5) is 21.0 Å². The fourth-order valence-corrected chi connectivity index (χ4v) is 1.72. The molecule has 0 fully saturated rings. The smallest absolute Gasteiger partial charge is 0.407 e. The molecule has 1 unspecified atom stereocenters. The van der Waals surface area contributed by atoms with Gasteiger partial charge in [-0.2, -0.15) is 0 Å². The number of carbonyl (C=O) groups is 2. The van der Waals surface area contributed by atoms with Gasteiger partial charge in [0.2, 0.25) is 0 Å². The van der Waals surface area contributed by atoms with E-state index in [1.54, 1.807) is 18.2 Å². The average molecular weight is 308 g/mol. The minimum atomic E-state index is -0.614. The van der Waals surface area contributed by atoms with Crippen LogP contribution in [-0.4, -0.2) is 30.3 Å². The highest BCUT2D eigenvalue weighted by Gasteiger charge is 2.16. The lowest BCUT2D eigenvalue weighted by molar-refractivity contribution is 0.0526. The van der Waals surface area contributed by atoms with E-state index in [-0.39, 0.29) is 6.04 Å². The number of primary amides is 1. The fraction of sp³-hybridized carbons (Fsp3) is 0.467. The van der Waals surface area contributed by atoms with Gasteiger partial charge in [0, 0.05) is 24.0 Å². The molecule has 0 radical (unpaired) electrons. The van der Waals surface area contributed by atoms with Crippen molar-refractivity contribution in [3.63, 3.8) is 0 Å². The topological polar surface area (TPSA) is 105 Å². The summed E-state index contributed by atoms with van der Waals surface area (Å²) in [6.45, 7) is 7.76. The van der Waals surface area contributed by atoms with Crippen molar-refractivity contribution in [2.75, 3.05) is 17.2 Å². The lowest BCUT2D eigenvalue weighted by Crippen LogP contribution is -2.38. The van der Waals surface area contributed by atoms with Gasteiger partial charge in [0.1, 0.15) is 5.60 Å². The van der Waals surface area contributed by atoms with Gasteiger partial charge in [-0.25, -0.2) is 9.59 Å². The number of amides is 3. The summed E-state index contributed by atoms with van der Waals surface area (Å²) >= 11 is 0. The van der Waals surface area contributed by atoms with E-state index < -0.39 is 17.7 Å². The van der Waals surface area contributed by atoms with E-state index in [2.05, 4.69) is 16.0 Å². The van der Waals surface area contributed by atoms with Crippen molar-refractivity contribution in [1.29, 1.82) is 0 Å². The molecular weight excluding hydrogens is 284 g/mol. The Morgan fingerprint density at radius 2 is 1.91 bits per heavy atom. The maximum atomic E-state index is 11.6. The Kier molecular flexibility index (Phi) is 6.03. The second-order valence-electron chi connectivity index (χ2n) is 6.00. The zero-order chi connectivity index (χ0) is 16.8. The largest absolute Gasteiger partial charge is 0.444 e. The monoisotopic (exact) mass is 308 g/mol. The summed E-state index contributed by atoms with van der Waals surface area (Å²) < 4.78 is 5.16. The second-order valence-corrected chi connectivity index (χ2v) is 6.00. The quantitative estimate of drug-likeness (QED) is 0.670. The van der Waals surface area contributed by atoms with Crippen LogP contribution in [0.5, 0.6) is 0 Å². The van der Waals surface area contributed by atoms with Gasteiger partial charge < -0.3 is 26.4 Å². The van der Waals surface area contributed by atoms with Crippen LogP contribution in [0.1, 0.15) is 27.7 Å². The van der Waals surface area contributed by atoms with E-state index in [1.807, 2.05) is 33.8 Å². The first-order valence-corrected chi connectivity index (χ1v) is 7.05. The van der Waals surface area contributed by atoms with E-state index >= 15 is 0 Å². The molecule has 0 spiro atoms. The molecule has 122 valence electrons. The number of hydrogen-bond donors (Lipinski definition) is 4. The number of carbonyl (C=O) groups excluding carboxylic acids is 2. The molecule has 0 saturated heterocycles. The summed E-state index contributed by atoms with van der Waals surface area (Å²) in [6.07, 6.45) is -0.453. The predicted molar refractivity (Wildman–Crippen MR) is 87.0 cm³/mol. The van der Waals surface area contributed by atoms with Crippen molar-refractivity contribution in [2.24, 2.45) is 5.73 Å². The van der Waals surface area contributed by atoms with Gasteiger partial charge in [-0.3, -0.25) is 0 Å². The van der Waals surface area contributed by atoms with Crippen LogP contribution >= 0.6 is 0 Å². The molecule has 1 atom stereocenters. The van der Waals surface area contributed by atoms with Gasteiger partial charge >= 0.3 is 12.1 Å². The molecule has 1 aromatic carbocycles. The maximum Gasteiger partial charge on any atom is 0.407 e. The van der Waals surface area contributed by atoms with Gasteiger partial charge in [0.25, 0.3) is 0 Å². The molecule has 22 heavy (non-hydrogen) atoms. The van der Waals surface area contributed by atoms with Crippen LogP contribution in [0.25, 0.3) is 0 Å². The molecular formula is C15H24N4O3. The van der Waals surface area contributed by atoms with Crippen LogP contribution in [0, 0.1) is 0 Å². The van der Waals surface area contributed by atoms with Crippen LogP contribution in [0.15, 0.2) is 24.3 Å². The molecule has 1 aromatic rings. The van der Waals surface area contributed by atoms with E-state index in [1.165, 1.54) is 0 Å². The lowest BCUT2D eigenvalue weighted by atomic mass is 10.2. The first-order valence-electron chi connectivity index (χ1n) is 7.05. The SMILES string of the molecule is CC(CNC(=O)OC(C)(C)C)Nc1cccc(NC(N)=O)c1. The third-order valence-electron chi connectivity index (χ3n) is 2.49. The summed E-state index contributed by atoms with van der Waals surface area (Å²) in [5, 5.41) is 8.41. The first kappa shape index (κ1) is 17.6. The Morgan fingerprint density at radius 3 is 2.50 bits per heavy atom. The molecule has 0 bridgehead atoms. The van der Waals surface area contributed by atoms with Crippen molar-refractivity contribution < 1.29 is 14.3 Å².